The lowest BCUT2D eigenvalue weighted by Gasteiger charge is -2.04. The number of phenolic OH excluding ortho intramolecular Hbond substituents is 1. The van der Waals surface area contributed by atoms with Crippen molar-refractivity contribution in [3.8, 4) is 5.75 Å². The van der Waals surface area contributed by atoms with Crippen LogP contribution < -0.4 is 5.32 Å². The van der Waals surface area contributed by atoms with Crippen molar-refractivity contribution in [2.45, 2.75) is 38.8 Å². The Morgan fingerprint density at radius 1 is 1.47 bits per heavy atom. The van der Waals surface area contributed by atoms with Gasteiger partial charge in [0.25, 0.3) is 0 Å². The molecule has 1 saturated carbocycles. The van der Waals surface area contributed by atoms with E-state index >= 15 is 0 Å². The van der Waals surface area contributed by atoms with Crippen LogP contribution in [0.2, 0.25) is 0 Å². The van der Waals surface area contributed by atoms with Gasteiger partial charge in [-0.15, -0.1) is 0 Å². The van der Waals surface area contributed by atoms with Crippen molar-refractivity contribution in [1.82, 2.24) is 5.32 Å². The van der Waals surface area contributed by atoms with Crippen molar-refractivity contribution < 1.29 is 5.11 Å². The molecule has 1 aliphatic rings. The largest absolute Gasteiger partial charge is 0.508 e. The van der Waals surface area contributed by atoms with Crippen LogP contribution in [0.3, 0.4) is 0 Å². The van der Waals surface area contributed by atoms with E-state index in [2.05, 4.69) is 12.2 Å². The van der Waals surface area contributed by atoms with Gasteiger partial charge in [0.15, 0.2) is 0 Å². The lowest BCUT2D eigenvalue weighted by atomic mass is 10.2. The average molecular weight is 205 g/mol. The number of phenols is 1. The van der Waals surface area contributed by atoms with Gasteiger partial charge in [0, 0.05) is 12.6 Å². The zero-order valence-electron chi connectivity index (χ0n) is 9.24. The summed E-state index contributed by atoms with van der Waals surface area (Å²) in [6.45, 7) is 3.11. The van der Waals surface area contributed by atoms with Crippen LogP contribution in [0.5, 0.6) is 5.75 Å². The van der Waals surface area contributed by atoms with E-state index < -0.39 is 0 Å². The Labute approximate surface area is 91.3 Å². The van der Waals surface area contributed by atoms with Crippen LogP contribution in [0.15, 0.2) is 24.3 Å². The molecular weight excluding hydrogens is 186 g/mol. The molecule has 2 heteroatoms. The highest BCUT2D eigenvalue weighted by molar-refractivity contribution is 5.27. The van der Waals surface area contributed by atoms with Gasteiger partial charge in [0.1, 0.15) is 5.75 Å². The minimum absolute atomic E-state index is 0.357. The second kappa shape index (κ2) is 4.67. The molecule has 0 amide bonds. The van der Waals surface area contributed by atoms with Gasteiger partial charge in [-0.1, -0.05) is 25.5 Å². The summed E-state index contributed by atoms with van der Waals surface area (Å²) in [4.78, 5) is 0. The second-order valence-corrected chi connectivity index (χ2v) is 4.44. The Hall–Kier alpha value is -1.02. The lowest BCUT2D eigenvalue weighted by Crippen LogP contribution is -2.17. The van der Waals surface area contributed by atoms with Crippen molar-refractivity contribution >= 4 is 0 Å². The highest BCUT2D eigenvalue weighted by Crippen LogP contribution is 2.34. The Balaban J connectivity index is 1.75. The number of aromatic hydroxyl groups is 1. The smallest absolute Gasteiger partial charge is 0.115 e. The highest BCUT2D eigenvalue weighted by Gasteiger charge is 2.35. The Morgan fingerprint density at radius 3 is 3.07 bits per heavy atom. The first kappa shape index (κ1) is 10.5. The molecule has 2 rings (SSSR count). The van der Waals surface area contributed by atoms with E-state index in [4.69, 9.17) is 0 Å². The summed E-state index contributed by atoms with van der Waals surface area (Å²) in [7, 11) is 0. The third-order valence-corrected chi connectivity index (χ3v) is 3.06. The molecule has 0 bridgehead atoms. The lowest BCUT2D eigenvalue weighted by molar-refractivity contribution is 0.474. The normalized spacial score (nSPS) is 24.1. The second-order valence-electron chi connectivity index (χ2n) is 4.44. The van der Waals surface area contributed by atoms with Gasteiger partial charge >= 0.3 is 0 Å². The maximum Gasteiger partial charge on any atom is 0.115 e. The molecule has 15 heavy (non-hydrogen) atoms. The SMILES string of the molecule is CCCC1CC1NCc1cccc(O)c1. The van der Waals surface area contributed by atoms with E-state index in [1.165, 1.54) is 19.3 Å². The molecule has 0 saturated heterocycles. The molecular formula is C13H19NO. The van der Waals surface area contributed by atoms with Crippen LogP contribution in [0.4, 0.5) is 0 Å². The van der Waals surface area contributed by atoms with Crippen LogP contribution in [0, 0.1) is 5.92 Å². The summed E-state index contributed by atoms with van der Waals surface area (Å²) >= 11 is 0. The molecule has 82 valence electrons. The molecule has 0 heterocycles. The number of benzene rings is 1. The summed E-state index contributed by atoms with van der Waals surface area (Å²) in [5.74, 6) is 1.25. The Morgan fingerprint density at radius 2 is 2.33 bits per heavy atom. The van der Waals surface area contributed by atoms with Crippen molar-refractivity contribution in [2.24, 2.45) is 5.92 Å². The first-order valence-electron chi connectivity index (χ1n) is 5.81. The molecule has 0 spiro atoms. The summed E-state index contributed by atoms with van der Waals surface area (Å²) < 4.78 is 0. The van der Waals surface area contributed by atoms with Crippen LogP contribution in [0.1, 0.15) is 31.7 Å². The number of rotatable bonds is 5. The molecule has 0 aromatic heterocycles. The van der Waals surface area contributed by atoms with E-state index in [0.717, 1.165) is 18.0 Å². The molecule has 1 aromatic rings. The predicted octanol–water partition coefficient (Wildman–Crippen LogP) is 2.67. The van der Waals surface area contributed by atoms with Gasteiger partial charge < -0.3 is 10.4 Å². The fraction of sp³-hybridized carbons (Fsp3) is 0.538. The molecule has 1 aromatic carbocycles. The third kappa shape index (κ3) is 2.96. The molecule has 2 unspecified atom stereocenters. The van der Waals surface area contributed by atoms with Crippen molar-refractivity contribution in [3.05, 3.63) is 29.8 Å². The maximum atomic E-state index is 9.30. The highest BCUT2D eigenvalue weighted by atomic mass is 16.3. The average Bonchev–Trinajstić information content (AvgIpc) is 2.95. The van der Waals surface area contributed by atoms with Crippen molar-refractivity contribution in [3.63, 3.8) is 0 Å². The van der Waals surface area contributed by atoms with E-state index in [-0.39, 0.29) is 0 Å². The third-order valence-electron chi connectivity index (χ3n) is 3.06. The van der Waals surface area contributed by atoms with E-state index in [1.807, 2.05) is 18.2 Å². The molecule has 2 atom stereocenters. The standard InChI is InChI=1S/C13H19NO/c1-2-4-11-8-13(11)14-9-10-5-3-6-12(15)7-10/h3,5-7,11,13-15H,2,4,8-9H2,1H3. The van der Waals surface area contributed by atoms with Gasteiger partial charge in [-0.3, -0.25) is 0 Å². The molecule has 1 fully saturated rings. The minimum atomic E-state index is 0.357. The van der Waals surface area contributed by atoms with Crippen molar-refractivity contribution in [1.29, 1.82) is 0 Å². The quantitative estimate of drug-likeness (QED) is 0.774. The van der Waals surface area contributed by atoms with Crippen LogP contribution in [-0.2, 0) is 6.54 Å². The number of hydrogen-bond acceptors (Lipinski definition) is 2. The van der Waals surface area contributed by atoms with E-state index in [9.17, 15) is 5.11 Å². The summed E-state index contributed by atoms with van der Waals surface area (Å²) in [5.41, 5.74) is 1.16. The fourth-order valence-electron chi connectivity index (χ4n) is 2.10. The molecule has 0 radical (unpaired) electrons. The zero-order chi connectivity index (χ0) is 10.7. The van der Waals surface area contributed by atoms with Crippen LogP contribution >= 0.6 is 0 Å². The first-order valence-corrected chi connectivity index (χ1v) is 5.81. The predicted molar refractivity (Wildman–Crippen MR) is 61.7 cm³/mol. The Kier molecular flexibility index (Phi) is 3.27. The van der Waals surface area contributed by atoms with Gasteiger partial charge in [-0.2, -0.15) is 0 Å². The summed E-state index contributed by atoms with van der Waals surface area (Å²) in [6, 6.07) is 8.18. The van der Waals surface area contributed by atoms with E-state index in [0.29, 0.717) is 11.8 Å². The number of hydrogen-bond donors (Lipinski definition) is 2. The van der Waals surface area contributed by atoms with Gasteiger partial charge in [-0.05, 0) is 36.5 Å². The fourth-order valence-corrected chi connectivity index (χ4v) is 2.10. The maximum absolute atomic E-state index is 9.30. The van der Waals surface area contributed by atoms with Crippen LogP contribution in [0.25, 0.3) is 0 Å². The molecule has 1 aliphatic carbocycles. The molecule has 2 N–H and O–H groups in total. The zero-order valence-corrected chi connectivity index (χ0v) is 9.24. The topological polar surface area (TPSA) is 32.3 Å². The van der Waals surface area contributed by atoms with Crippen molar-refractivity contribution in [2.75, 3.05) is 0 Å². The van der Waals surface area contributed by atoms with Gasteiger partial charge in [0.2, 0.25) is 0 Å². The molecule has 0 aliphatic heterocycles. The van der Waals surface area contributed by atoms with Gasteiger partial charge in [0.05, 0.1) is 0 Å². The number of nitrogens with one attached hydrogen (secondary N) is 1. The summed E-state index contributed by atoms with van der Waals surface area (Å²) in [6.07, 6.45) is 3.96. The van der Waals surface area contributed by atoms with E-state index in [1.54, 1.807) is 6.07 Å². The summed E-state index contributed by atoms with van der Waals surface area (Å²) in [5, 5.41) is 12.8. The molecule has 2 nitrogen and oxygen atoms in total. The van der Waals surface area contributed by atoms with Crippen LogP contribution in [-0.4, -0.2) is 11.1 Å². The minimum Gasteiger partial charge on any atom is -0.508 e. The monoisotopic (exact) mass is 205 g/mol. The van der Waals surface area contributed by atoms with Gasteiger partial charge in [-0.25, -0.2) is 0 Å². The first-order chi connectivity index (χ1) is 7.29. The Bertz CT molecular complexity index is 324.